The van der Waals surface area contributed by atoms with Crippen molar-refractivity contribution in [2.75, 3.05) is 29.6 Å². The molecule has 1 atom stereocenters. The Labute approximate surface area is 198 Å². The molecule has 0 saturated heterocycles. The lowest BCUT2D eigenvalue weighted by molar-refractivity contribution is 0.0942. The standard InChI is InChI=1S/C18H24N8O7P2/c1-26(9-11-8-21-16-14(22-11)15(19)24-18(20)25-16)12-4-2-10(3-5-12)17(27)23-13(35(31,32)33)6-7-34(28,29)30/h2-5,8,13H,6-7,9H2,1H3,(H,23,27)(H2,28,29,30)(H2,31,32,33)(H4,19,20,21,24,25). The number of nitrogens with zero attached hydrogens (tertiary/aromatic N) is 5. The first-order valence-corrected chi connectivity index (χ1v) is 13.5. The SMILES string of the molecule is CN(Cc1cnc2nc(N)nc(N)c2n1)c1ccc(C(=O)NC(CCP(=O)(O)O)P(=O)(O)O)cc1. The van der Waals surface area contributed by atoms with E-state index in [9.17, 15) is 23.7 Å². The van der Waals surface area contributed by atoms with E-state index in [0.29, 0.717) is 23.4 Å². The first-order valence-electron chi connectivity index (χ1n) is 9.99. The van der Waals surface area contributed by atoms with Gasteiger partial charge in [-0.05, 0) is 30.7 Å². The third-order valence-corrected chi connectivity index (χ3v) is 6.91. The number of hydrogen-bond donors (Lipinski definition) is 7. The molecule has 1 unspecified atom stereocenters. The van der Waals surface area contributed by atoms with E-state index < -0.39 is 39.5 Å². The molecule has 1 amide bonds. The number of carbonyl (C=O) groups excluding carboxylic acids is 1. The fourth-order valence-corrected chi connectivity index (χ4v) is 4.66. The summed E-state index contributed by atoms with van der Waals surface area (Å²) < 4.78 is 22.7. The van der Waals surface area contributed by atoms with Gasteiger partial charge in [0.1, 0.15) is 5.78 Å². The Kier molecular flexibility index (Phi) is 7.70. The van der Waals surface area contributed by atoms with E-state index in [4.69, 9.17) is 21.3 Å². The van der Waals surface area contributed by atoms with Crippen LogP contribution in [0.5, 0.6) is 0 Å². The van der Waals surface area contributed by atoms with Crippen LogP contribution in [0.1, 0.15) is 22.5 Å². The van der Waals surface area contributed by atoms with Crippen LogP contribution in [-0.2, 0) is 15.7 Å². The minimum absolute atomic E-state index is 0.00722. The number of fused-ring (bicyclic) bond motifs is 1. The number of benzene rings is 1. The van der Waals surface area contributed by atoms with E-state index in [0.717, 1.165) is 0 Å². The Bertz CT molecular complexity index is 1330. The van der Waals surface area contributed by atoms with Crippen molar-refractivity contribution in [3.8, 4) is 0 Å². The number of rotatable bonds is 9. The monoisotopic (exact) mass is 526 g/mol. The molecule has 2 heterocycles. The predicted molar refractivity (Wildman–Crippen MR) is 127 cm³/mol. The van der Waals surface area contributed by atoms with Crippen molar-refractivity contribution in [1.29, 1.82) is 0 Å². The maximum atomic E-state index is 12.5. The Morgan fingerprint density at radius 3 is 2.34 bits per heavy atom. The van der Waals surface area contributed by atoms with Gasteiger partial charge in [-0.25, -0.2) is 9.97 Å². The maximum absolute atomic E-state index is 12.5. The number of amides is 1. The van der Waals surface area contributed by atoms with E-state index in [-0.39, 0.29) is 23.0 Å². The second kappa shape index (κ2) is 10.2. The molecule has 17 heteroatoms. The van der Waals surface area contributed by atoms with Gasteiger partial charge in [0.2, 0.25) is 5.95 Å². The molecule has 35 heavy (non-hydrogen) atoms. The summed E-state index contributed by atoms with van der Waals surface area (Å²) >= 11 is 0. The summed E-state index contributed by atoms with van der Waals surface area (Å²) in [6.45, 7) is 0.320. The van der Waals surface area contributed by atoms with E-state index in [1.165, 1.54) is 18.3 Å². The molecule has 188 valence electrons. The third-order valence-electron chi connectivity index (χ3n) is 4.87. The van der Waals surface area contributed by atoms with Crippen LogP contribution in [0.15, 0.2) is 30.5 Å². The topological polar surface area (TPSA) is 251 Å². The van der Waals surface area contributed by atoms with Crippen molar-refractivity contribution in [1.82, 2.24) is 25.3 Å². The van der Waals surface area contributed by atoms with Crippen molar-refractivity contribution >= 4 is 49.7 Å². The normalized spacial score (nSPS) is 12.9. The molecule has 3 aromatic rings. The summed E-state index contributed by atoms with van der Waals surface area (Å²) in [5, 5.41) is 2.15. The molecule has 0 radical (unpaired) electrons. The van der Waals surface area contributed by atoms with Gasteiger partial charge in [-0.1, -0.05) is 0 Å². The Morgan fingerprint density at radius 1 is 1.09 bits per heavy atom. The summed E-state index contributed by atoms with van der Waals surface area (Å²) in [6, 6.07) is 6.12. The van der Waals surface area contributed by atoms with Crippen LogP contribution in [0.4, 0.5) is 17.5 Å². The molecule has 0 aliphatic carbocycles. The minimum Gasteiger partial charge on any atom is -0.382 e. The molecule has 0 saturated carbocycles. The molecular formula is C18H24N8O7P2. The van der Waals surface area contributed by atoms with E-state index in [2.05, 4.69) is 25.3 Å². The quantitative estimate of drug-likeness (QED) is 0.182. The molecule has 9 N–H and O–H groups in total. The summed E-state index contributed by atoms with van der Waals surface area (Å²) in [7, 11) is -7.57. The molecule has 0 aliphatic rings. The number of carbonyl (C=O) groups is 1. The van der Waals surface area contributed by atoms with E-state index in [1.54, 1.807) is 19.2 Å². The number of nitrogen functional groups attached to an aromatic ring is 2. The van der Waals surface area contributed by atoms with Gasteiger partial charge in [-0.3, -0.25) is 13.9 Å². The zero-order valence-corrected chi connectivity index (χ0v) is 20.2. The van der Waals surface area contributed by atoms with Crippen molar-refractivity contribution in [2.24, 2.45) is 0 Å². The Hall–Kier alpha value is -3.19. The summed E-state index contributed by atoms with van der Waals surface area (Å²) in [5.74, 6) is -2.43. The molecule has 15 nitrogen and oxygen atoms in total. The van der Waals surface area contributed by atoms with Crippen LogP contribution in [0.25, 0.3) is 11.2 Å². The molecule has 2 aromatic heterocycles. The first-order chi connectivity index (χ1) is 16.2. The number of aromatic nitrogens is 4. The smallest absolute Gasteiger partial charge is 0.347 e. The average Bonchev–Trinajstić information content (AvgIpc) is 2.75. The minimum atomic E-state index is -4.85. The van der Waals surface area contributed by atoms with Crippen LogP contribution in [0, 0.1) is 0 Å². The largest absolute Gasteiger partial charge is 0.382 e. The van der Waals surface area contributed by atoms with Crippen molar-refractivity contribution < 1.29 is 33.5 Å². The highest BCUT2D eigenvalue weighted by Gasteiger charge is 2.32. The zero-order valence-electron chi connectivity index (χ0n) is 18.4. The van der Waals surface area contributed by atoms with Crippen LogP contribution < -0.4 is 21.7 Å². The van der Waals surface area contributed by atoms with Crippen molar-refractivity contribution in [2.45, 2.75) is 18.7 Å². The summed E-state index contributed by atoms with van der Waals surface area (Å²) in [4.78, 5) is 67.5. The Balaban J connectivity index is 1.69. The molecule has 0 bridgehead atoms. The predicted octanol–water partition coefficient (Wildman–Crippen LogP) is 0.0220. The lowest BCUT2D eigenvalue weighted by Gasteiger charge is -2.21. The van der Waals surface area contributed by atoms with Crippen molar-refractivity contribution in [3.05, 3.63) is 41.7 Å². The van der Waals surface area contributed by atoms with Gasteiger partial charge in [0.05, 0.1) is 24.6 Å². The van der Waals surface area contributed by atoms with Gasteiger partial charge in [-0.2, -0.15) is 9.97 Å². The Morgan fingerprint density at radius 2 is 1.74 bits per heavy atom. The number of hydrogen-bond acceptors (Lipinski definition) is 10. The van der Waals surface area contributed by atoms with Crippen molar-refractivity contribution in [3.63, 3.8) is 0 Å². The maximum Gasteiger partial charge on any atom is 0.347 e. The summed E-state index contributed by atoms with van der Waals surface area (Å²) in [5.41, 5.74) is 13.3. The number of nitrogens with one attached hydrogen (secondary N) is 1. The lowest BCUT2D eigenvalue weighted by Crippen LogP contribution is -2.35. The van der Waals surface area contributed by atoms with Gasteiger partial charge in [0.15, 0.2) is 17.0 Å². The second-order valence-corrected chi connectivity index (χ2v) is 11.2. The molecule has 0 spiro atoms. The molecule has 0 aliphatic heterocycles. The molecular weight excluding hydrogens is 502 g/mol. The highest BCUT2D eigenvalue weighted by atomic mass is 31.2. The summed E-state index contributed by atoms with van der Waals surface area (Å²) in [6.07, 6.45) is 0.151. The van der Waals surface area contributed by atoms with Crippen LogP contribution >= 0.6 is 15.2 Å². The molecule has 3 rings (SSSR count). The fourth-order valence-electron chi connectivity index (χ4n) is 3.11. The van der Waals surface area contributed by atoms with Gasteiger partial charge in [0, 0.05) is 18.3 Å². The lowest BCUT2D eigenvalue weighted by atomic mass is 10.2. The van der Waals surface area contributed by atoms with Gasteiger partial charge < -0.3 is 41.3 Å². The zero-order chi connectivity index (χ0) is 26.0. The van der Waals surface area contributed by atoms with Crippen LogP contribution in [0.3, 0.4) is 0 Å². The van der Waals surface area contributed by atoms with Gasteiger partial charge >= 0.3 is 15.2 Å². The van der Waals surface area contributed by atoms with E-state index in [1.807, 2.05) is 4.90 Å². The number of nitrogens with two attached hydrogens (primary N) is 2. The highest BCUT2D eigenvalue weighted by Crippen LogP contribution is 2.45. The highest BCUT2D eigenvalue weighted by molar-refractivity contribution is 7.53. The first kappa shape index (κ1) is 26.4. The van der Waals surface area contributed by atoms with Crippen LogP contribution in [0.2, 0.25) is 0 Å². The van der Waals surface area contributed by atoms with E-state index >= 15 is 0 Å². The number of anilines is 3. The fraction of sp³-hybridized carbons (Fsp3) is 0.278. The molecule has 1 aromatic carbocycles. The second-order valence-electron chi connectivity index (χ2n) is 7.66. The average molecular weight is 526 g/mol. The van der Waals surface area contributed by atoms with Gasteiger partial charge in [-0.15, -0.1) is 0 Å². The van der Waals surface area contributed by atoms with Crippen LogP contribution in [-0.4, -0.2) is 64.4 Å². The van der Waals surface area contributed by atoms with Gasteiger partial charge in [0.25, 0.3) is 5.91 Å². The third kappa shape index (κ3) is 7.15. The molecule has 0 fully saturated rings.